The highest BCUT2D eigenvalue weighted by atomic mass is 31.3. The summed E-state index contributed by atoms with van der Waals surface area (Å²) < 4.78 is 56.7. The molecule has 0 bridgehead atoms. The maximum atomic E-state index is 12.8. The van der Waals surface area contributed by atoms with Crippen molar-refractivity contribution in [3.05, 3.63) is 83.5 Å². The van der Waals surface area contributed by atoms with Crippen LogP contribution in [0.5, 0.6) is 0 Å². The van der Waals surface area contributed by atoms with Crippen LogP contribution >= 0.6 is 15.6 Å². The van der Waals surface area contributed by atoms with Gasteiger partial charge in [0.1, 0.15) is 30.7 Å². The fraction of sp³-hybridized carbons (Fsp3) is 0.673. The Morgan fingerprint density at radius 1 is 0.786 bits per heavy atom. The third-order valence-electron chi connectivity index (χ3n) is 11.3. The number of aliphatic hydroxyl groups excluding tert-OH is 3. The molecule has 1 aliphatic rings. The summed E-state index contributed by atoms with van der Waals surface area (Å²) in [6, 6.07) is 1.24. The van der Waals surface area contributed by atoms with E-state index in [1.165, 1.54) is 51.0 Å². The van der Waals surface area contributed by atoms with Crippen molar-refractivity contribution in [3.63, 3.8) is 0 Å². The van der Waals surface area contributed by atoms with Crippen LogP contribution < -0.4 is 11.4 Å². The second-order valence-electron chi connectivity index (χ2n) is 17.4. The highest BCUT2D eigenvalue weighted by molar-refractivity contribution is 7.61. The molecule has 0 radical (unpaired) electrons. The fourth-order valence-corrected chi connectivity index (χ4v) is 9.03. The van der Waals surface area contributed by atoms with Crippen LogP contribution in [0.15, 0.2) is 77.8 Å². The lowest BCUT2D eigenvalue weighted by molar-refractivity contribution is -0.161. The third-order valence-corrected chi connectivity index (χ3v) is 13.9. The van der Waals surface area contributed by atoms with E-state index in [-0.39, 0.29) is 18.7 Å². The van der Waals surface area contributed by atoms with E-state index in [2.05, 4.69) is 41.4 Å². The van der Waals surface area contributed by atoms with Crippen LogP contribution in [0.2, 0.25) is 0 Å². The molecule has 2 heterocycles. The number of phosphoric ester groups is 2. The van der Waals surface area contributed by atoms with Crippen molar-refractivity contribution in [2.24, 2.45) is 5.92 Å². The molecule has 0 amide bonds. The van der Waals surface area contributed by atoms with Gasteiger partial charge in [-0.2, -0.15) is 9.29 Å². The second kappa shape index (κ2) is 36.4. The molecule has 70 heavy (non-hydrogen) atoms. The number of hydrogen-bond donors (Lipinski definition) is 6. The summed E-state index contributed by atoms with van der Waals surface area (Å²) in [6.07, 6.45) is 29.8. The lowest BCUT2D eigenvalue weighted by Crippen LogP contribution is -2.36. The standard InChI is InChI=1S/C49H81N3O16P2/c1-4-39(3)30-26-22-18-14-12-13-17-21-25-29-33-45(55)66-41(36-63-44(54)32-28-24-20-16-11-9-7-6-8-10-15-19-23-27-31-40(53)5-2)37-64-69(59,60)68-70(61,62)65-38-42-46(56)47(57)48(67-42)52-35-34-43(50)51-49(52)58/h7-10,16,19-20,23,27,31,34-35,39-42,46-48,53,56-57H,4-6,11-15,17-18,21-22,24-26,28-30,32-33,36-38H2,1-3H3,(H,59,60)(H,61,62)(H2,50,51,58)/b9-7-,10-8-,20-16-,23-19-,31-27+/t39?,40-,41+,42+,46+,47+,48+/m0/s1. The van der Waals surface area contributed by atoms with Gasteiger partial charge in [0, 0.05) is 19.0 Å². The average molecular weight is 1030 g/mol. The highest BCUT2D eigenvalue weighted by Gasteiger charge is 2.46. The van der Waals surface area contributed by atoms with E-state index in [1.807, 2.05) is 43.4 Å². The molecule has 9 atom stereocenters. The molecule has 7 N–H and O–H groups in total. The first-order valence-corrected chi connectivity index (χ1v) is 27.8. The van der Waals surface area contributed by atoms with Gasteiger partial charge in [-0.05, 0) is 56.9 Å². The molecule has 0 aromatic carbocycles. The number of phosphoric acid groups is 2. The molecule has 0 spiro atoms. The van der Waals surface area contributed by atoms with Crippen molar-refractivity contribution in [2.45, 2.75) is 186 Å². The number of anilines is 1. The van der Waals surface area contributed by atoms with Crippen molar-refractivity contribution in [1.82, 2.24) is 9.55 Å². The molecule has 1 saturated heterocycles. The maximum Gasteiger partial charge on any atom is 0.481 e. The topological polar surface area (TPSA) is 286 Å². The number of hydrogen-bond acceptors (Lipinski definition) is 16. The molecule has 21 heteroatoms. The summed E-state index contributed by atoms with van der Waals surface area (Å²) >= 11 is 0. The molecule has 0 aliphatic carbocycles. The third kappa shape index (κ3) is 29.1. The zero-order valence-corrected chi connectivity index (χ0v) is 43.1. The normalized spacial score (nSPS) is 20.7. The van der Waals surface area contributed by atoms with E-state index in [4.69, 9.17) is 29.0 Å². The first kappa shape index (κ1) is 62.5. The van der Waals surface area contributed by atoms with Crippen LogP contribution in [-0.2, 0) is 46.3 Å². The van der Waals surface area contributed by atoms with E-state index in [1.54, 1.807) is 6.08 Å². The Balaban J connectivity index is 1.84. The largest absolute Gasteiger partial charge is 0.481 e. The number of esters is 2. The van der Waals surface area contributed by atoms with E-state index in [0.29, 0.717) is 25.7 Å². The SMILES string of the molecule is CCC(C)CCCCCCCCCCCCC(=O)O[C@H](COC(=O)CCC/C=C\C/C=C\C/C=C\C/C=C\C=C\[C@@H](O)CC)COP(=O)(O)OP(=O)(O)OC[C@H]1O[C@@H](n2ccc(N)nc2=O)[C@H](O)[C@@H]1O. The van der Waals surface area contributed by atoms with Crippen LogP contribution in [0.1, 0.15) is 155 Å². The Kier molecular flexibility index (Phi) is 32.5. The number of ether oxygens (including phenoxy) is 3. The molecule has 1 aliphatic heterocycles. The molecular weight excluding hydrogens is 948 g/mol. The Morgan fingerprint density at radius 3 is 2.00 bits per heavy atom. The predicted molar refractivity (Wildman–Crippen MR) is 267 cm³/mol. The van der Waals surface area contributed by atoms with Gasteiger partial charge in [0.2, 0.25) is 0 Å². The molecule has 398 valence electrons. The second-order valence-corrected chi connectivity index (χ2v) is 20.4. The van der Waals surface area contributed by atoms with E-state index in [9.17, 15) is 48.6 Å². The van der Waals surface area contributed by atoms with Crippen molar-refractivity contribution >= 4 is 33.4 Å². The summed E-state index contributed by atoms with van der Waals surface area (Å²) in [5.74, 6) is -0.601. The predicted octanol–water partition coefficient (Wildman–Crippen LogP) is 8.77. The van der Waals surface area contributed by atoms with E-state index < -0.39 is 89.8 Å². The number of nitrogens with zero attached hydrogens (tertiary/aromatic N) is 2. The Morgan fingerprint density at radius 2 is 1.37 bits per heavy atom. The minimum Gasteiger partial charge on any atom is -0.462 e. The number of allylic oxidation sites excluding steroid dienone is 9. The minimum atomic E-state index is -5.44. The van der Waals surface area contributed by atoms with Gasteiger partial charge in [-0.3, -0.25) is 23.2 Å². The van der Waals surface area contributed by atoms with Gasteiger partial charge in [0.15, 0.2) is 12.3 Å². The summed E-state index contributed by atoms with van der Waals surface area (Å²) in [6.45, 7) is 4.07. The van der Waals surface area contributed by atoms with Crippen LogP contribution in [0, 0.1) is 5.92 Å². The van der Waals surface area contributed by atoms with Gasteiger partial charge in [0.25, 0.3) is 0 Å². The smallest absolute Gasteiger partial charge is 0.462 e. The molecule has 19 nitrogen and oxygen atoms in total. The molecule has 1 fully saturated rings. The first-order chi connectivity index (χ1) is 33.5. The van der Waals surface area contributed by atoms with Gasteiger partial charge in [-0.1, -0.05) is 152 Å². The summed E-state index contributed by atoms with van der Waals surface area (Å²) in [5, 5.41) is 30.4. The number of rotatable bonds is 39. The van der Waals surface area contributed by atoms with Crippen LogP contribution in [0.3, 0.4) is 0 Å². The molecule has 1 aromatic heterocycles. The van der Waals surface area contributed by atoms with Crippen molar-refractivity contribution in [3.8, 4) is 0 Å². The minimum absolute atomic E-state index is 0.0296. The fourth-order valence-electron chi connectivity index (χ4n) is 6.92. The van der Waals surface area contributed by atoms with Gasteiger partial charge in [-0.25, -0.2) is 13.9 Å². The molecule has 0 saturated carbocycles. The van der Waals surface area contributed by atoms with E-state index in [0.717, 1.165) is 61.6 Å². The zero-order valence-electron chi connectivity index (χ0n) is 41.3. The van der Waals surface area contributed by atoms with Crippen LogP contribution in [0.4, 0.5) is 5.82 Å². The number of nitrogen functional groups attached to an aromatic ring is 1. The quantitative estimate of drug-likeness (QED) is 0.0118. The Bertz CT molecular complexity index is 1940. The number of carbonyl (C=O) groups excluding carboxylic acids is 2. The summed E-state index contributed by atoms with van der Waals surface area (Å²) in [5.41, 5.74) is 4.58. The zero-order chi connectivity index (χ0) is 51.6. The lowest BCUT2D eigenvalue weighted by atomic mass is 9.99. The number of aliphatic hydroxyl groups is 3. The molecule has 1 aromatic rings. The van der Waals surface area contributed by atoms with Crippen molar-refractivity contribution in [1.29, 1.82) is 0 Å². The van der Waals surface area contributed by atoms with Gasteiger partial charge < -0.3 is 45.1 Å². The van der Waals surface area contributed by atoms with Crippen molar-refractivity contribution in [2.75, 3.05) is 25.6 Å². The monoisotopic (exact) mass is 1030 g/mol. The van der Waals surface area contributed by atoms with Gasteiger partial charge in [0.05, 0.1) is 19.3 Å². The van der Waals surface area contributed by atoms with Gasteiger partial charge in [-0.15, -0.1) is 0 Å². The van der Waals surface area contributed by atoms with Gasteiger partial charge >= 0.3 is 33.3 Å². The molecule has 2 rings (SSSR count). The summed E-state index contributed by atoms with van der Waals surface area (Å²) in [4.78, 5) is 61.8. The average Bonchev–Trinajstić information content (AvgIpc) is 3.59. The lowest BCUT2D eigenvalue weighted by Gasteiger charge is -2.21. The molecular formula is C49H81N3O16P2. The van der Waals surface area contributed by atoms with Crippen LogP contribution in [0.25, 0.3) is 0 Å². The molecule has 3 unspecified atom stereocenters. The Hall–Kier alpha value is -3.58. The van der Waals surface area contributed by atoms with Crippen LogP contribution in [-0.4, -0.2) is 96.9 Å². The number of nitrogens with two attached hydrogens (primary N) is 1. The van der Waals surface area contributed by atoms with Crippen molar-refractivity contribution < 1.29 is 71.4 Å². The number of aromatic nitrogens is 2. The number of unbranched alkanes of at least 4 members (excludes halogenated alkanes) is 10. The summed E-state index contributed by atoms with van der Waals surface area (Å²) in [7, 11) is -10.9. The highest BCUT2D eigenvalue weighted by Crippen LogP contribution is 2.60. The first-order valence-electron chi connectivity index (χ1n) is 24.8. The van der Waals surface area contributed by atoms with E-state index >= 15 is 0 Å². The maximum absolute atomic E-state index is 12.8. The number of carbonyl (C=O) groups is 2. The Labute approximate surface area is 414 Å².